The number of carbonyl (C=O) groups excluding carboxylic acids is 1. The van der Waals surface area contributed by atoms with Gasteiger partial charge in [-0.3, -0.25) is 9.69 Å². The Morgan fingerprint density at radius 1 is 1.12 bits per heavy atom. The van der Waals surface area contributed by atoms with Gasteiger partial charge in [0.15, 0.2) is 0 Å². The first kappa shape index (κ1) is 28.4. The van der Waals surface area contributed by atoms with E-state index in [0.717, 1.165) is 31.4 Å². The van der Waals surface area contributed by atoms with Crippen LogP contribution >= 0.6 is 0 Å². The highest BCUT2D eigenvalue weighted by atomic mass is 19.4. The molecule has 1 saturated carbocycles. The van der Waals surface area contributed by atoms with Crippen LogP contribution in [0, 0.1) is 11.7 Å². The second-order valence-electron chi connectivity index (χ2n) is 11.1. The Hall–Kier alpha value is -3.18. The second kappa shape index (κ2) is 11.0. The number of carboxylic acids is 1. The van der Waals surface area contributed by atoms with Gasteiger partial charge in [-0.2, -0.15) is 13.2 Å². The summed E-state index contributed by atoms with van der Waals surface area (Å²) in [6.07, 6.45) is -1.40. The zero-order valence-corrected chi connectivity index (χ0v) is 22.2. The summed E-state index contributed by atoms with van der Waals surface area (Å²) in [5.41, 5.74) is -1.02. The Morgan fingerprint density at radius 2 is 1.90 bits per heavy atom. The Balaban J connectivity index is 1.18. The predicted octanol–water partition coefficient (Wildman–Crippen LogP) is 4.70. The van der Waals surface area contributed by atoms with Crippen LogP contribution in [0.15, 0.2) is 42.5 Å². The molecule has 2 heterocycles. The number of carbonyl (C=O) groups is 2. The number of rotatable bonds is 7. The van der Waals surface area contributed by atoms with Gasteiger partial charge in [0, 0.05) is 44.0 Å². The van der Waals surface area contributed by atoms with Crippen LogP contribution in [0.2, 0.25) is 0 Å². The van der Waals surface area contributed by atoms with E-state index >= 15 is 0 Å². The van der Waals surface area contributed by atoms with E-state index in [-0.39, 0.29) is 36.0 Å². The number of benzene rings is 2. The number of anilines is 1. The van der Waals surface area contributed by atoms with Gasteiger partial charge in [-0.1, -0.05) is 12.1 Å². The molecule has 2 aromatic carbocycles. The number of nitrogens with one attached hydrogen (secondary N) is 1. The molecular weight excluding hydrogens is 530 g/mol. The quantitative estimate of drug-likeness (QED) is 0.476. The minimum atomic E-state index is -4.44. The number of nitrogens with zero attached hydrogens (tertiary/aromatic N) is 2. The minimum Gasteiger partial charge on any atom is -0.478 e. The van der Waals surface area contributed by atoms with Crippen molar-refractivity contribution in [2.75, 3.05) is 31.1 Å². The van der Waals surface area contributed by atoms with Gasteiger partial charge < -0.3 is 20.1 Å². The van der Waals surface area contributed by atoms with Gasteiger partial charge in [-0.25, -0.2) is 9.18 Å². The van der Waals surface area contributed by atoms with Crippen molar-refractivity contribution in [1.82, 2.24) is 10.2 Å². The number of carboxylic acid groups (broad SMARTS) is 1. The summed E-state index contributed by atoms with van der Waals surface area (Å²) in [5.74, 6) is -2.23. The third-order valence-corrected chi connectivity index (χ3v) is 8.40. The van der Waals surface area contributed by atoms with Crippen LogP contribution in [0.3, 0.4) is 0 Å². The molecule has 2 N–H and O–H groups in total. The summed E-state index contributed by atoms with van der Waals surface area (Å²) < 4.78 is 59.4. The molecule has 1 unspecified atom stereocenters. The maximum atomic E-state index is 13.9. The largest absolute Gasteiger partial charge is 0.478 e. The number of alkyl halides is 3. The molecule has 3 fully saturated rings. The van der Waals surface area contributed by atoms with Crippen molar-refractivity contribution in [3.05, 3.63) is 65.0 Å². The van der Waals surface area contributed by atoms with Crippen molar-refractivity contribution in [2.24, 2.45) is 5.92 Å². The molecule has 0 radical (unpaired) electrons. The number of piperazine rings is 1. The smallest absolute Gasteiger partial charge is 0.416 e. The molecule has 11 heteroatoms. The van der Waals surface area contributed by atoms with Crippen LogP contribution < -0.4 is 10.2 Å². The zero-order chi connectivity index (χ0) is 28.7. The second-order valence-corrected chi connectivity index (χ2v) is 11.1. The molecule has 216 valence electrons. The fraction of sp³-hybridized carbons (Fsp3) is 0.517. The van der Waals surface area contributed by atoms with Crippen molar-refractivity contribution >= 4 is 17.6 Å². The molecule has 5 rings (SSSR count). The molecule has 0 spiro atoms. The Bertz CT molecular complexity index is 1260. The van der Waals surface area contributed by atoms with Gasteiger partial charge in [0.25, 0.3) is 5.91 Å². The summed E-state index contributed by atoms with van der Waals surface area (Å²) >= 11 is 0. The van der Waals surface area contributed by atoms with Crippen molar-refractivity contribution in [3.8, 4) is 0 Å². The molecule has 0 bridgehead atoms. The minimum absolute atomic E-state index is 0.00351. The van der Waals surface area contributed by atoms with Gasteiger partial charge in [0.2, 0.25) is 0 Å². The van der Waals surface area contributed by atoms with E-state index in [0.29, 0.717) is 43.9 Å². The van der Waals surface area contributed by atoms with Gasteiger partial charge in [-0.05, 0) is 74.4 Å². The molecule has 0 aromatic heterocycles. The maximum absolute atomic E-state index is 13.9. The third-order valence-electron chi connectivity index (χ3n) is 8.40. The first-order valence-corrected chi connectivity index (χ1v) is 13.6. The monoisotopic (exact) mass is 563 g/mol. The van der Waals surface area contributed by atoms with Crippen LogP contribution in [0.1, 0.15) is 54.1 Å². The lowest BCUT2D eigenvalue weighted by Gasteiger charge is -2.48. The summed E-state index contributed by atoms with van der Waals surface area (Å²) in [6.45, 7) is 4.45. The van der Waals surface area contributed by atoms with E-state index in [1.165, 1.54) is 18.2 Å². The Labute approximate surface area is 230 Å². The standard InChI is InChI=1S/C29H33F4N3O4/c1-18-16-35(11-12-36(18)22-7-8-25(30)24(14-22)26(37)38)23-9-10-28(40-17-23,20-5-6-20)27(39)34-15-19-3-2-4-21(13-19)29(31,32)33/h2-4,7-8,13-14,18,20,23H,5-6,9-12,15-17H2,1H3,(H,34,39)(H,37,38)/t18?,23-,28+/m1/s1. The van der Waals surface area contributed by atoms with Gasteiger partial charge >= 0.3 is 12.1 Å². The van der Waals surface area contributed by atoms with Crippen LogP contribution in [0.5, 0.6) is 0 Å². The highest BCUT2D eigenvalue weighted by molar-refractivity contribution is 5.89. The van der Waals surface area contributed by atoms with Gasteiger partial charge in [0.1, 0.15) is 11.4 Å². The van der Waals surface area contributed by atoms with Crippen molar-refractivity contribution < 1.29 is 37.0 Å². The van der Waals surface area contributed by atoms with E-state index in [1.807, 2.05) is 6.92 Å². The van der Waals surface area contributed by atoms with Crippen molar-refractivity contribution in [2.45, 2.75) is 63.0 Å². The Kier molecular flexibility index (Phi) is 7.80. The van der Waals surface area contributed by atoms with Crippen molar-refractivity contribution in [3.63, 3.8) is 0 Å². The normalized spacial score (nSPS) is 26.0. The van der Waals surface area contributed by atoms with Crippen LogP contribution in [0.4, 0.5) is 23.2 Å². The van der Waals surface area contributed by atoms with Gasteiger partial charge in [0.05, 0.1) is 17.7 Å². The van der Waals surface area contributed by atoms with Crippen molar-refractivity contribution in [1.29, 1.82) is 0 Å². The molecule has 1 aliphatic carbocycles. The topological polar surface area (TPSA) is 82.1 Å². The summed E-state index contributed by atoms with van der Waals surface area (Å²) in [4.78, 5) is 29.1. The highest BCUT2D eigenvalue weighted by Gasteiger charge is 2.54. The molecule has 2 aliphatic heterocycles. The number of hydrogen-bond acceptors (Lipinski definition) is 5. The summed E-state index contributed by atoms with van der Waals surface area (Å²) in [6, 6.07) is 9.27. The fourth-order valence-corrected chi connectivity index (χ4v) is 6.05. The molecule has 1 amide bonds. The lowest BCUT2D eigenvalue weighted by molar-refractivity contribution is -0.165. The van der Waals surface area contributed by atoms with Crippen LogP contribution in [-0.2, 0) is 22.3 Å². The average Bonchev–Trinajstić information content (AvgIpc) is 3.78. The SMILES string of the molecule is CC1CN([C@@H]2CC[C@@](C(=O)NCc3cccc(C(F)(F)F)c3)(C3CC3)OC2)CCN1c1ccc(F)c(C(=O)O)c1. The molecule has 2 saturated heterocycles. The molecular formula is C29H33F4N3O4. The summed E-state index contributed by atoms with van der Waals surface area (Å²) in [7, 11) is 0. The molecule has 40 heavy (non-hydrogen) atoms. The van der Waals surface area contributed by atoms with E-state index < -0.39 is 29.1 Å². The van der Waals surface area contributed by atoms with Crippen LogP contribution in [-0.4, -0.2) is 65.8 Å². The predicted molar refractivity (Wildman–Crippen MR) is 139 cm³/mol. The lowest BCUT2D eigenvalue weighted by Crippen LogP contribution is -2.60. The molecule has 3 atom stereocenters. The first-order valence-electron chi connectivity index (χ1n) is 13.6. The number of halogens is 4. The van der Waals surface area contributed by atoms with E-state index in [4.69, 9.17) is 4.74 Å². The van der Waals surface area contributed by atoms with E-state index in [9.17, 15) is 32.3 Å². The zero-order valence-electron chi connectivity index (χ0n) is 22.2. The maximum Gasteiger partial charge on any atom is 0.416 e. The first-order chi connectivity index (χ1) is 19.0. The van der Waals surface area contributed by atoms with E-state index in [1.54, 1.807) is 12.1 Å². The lowest BCUT2D eigenvalue weighted by atomic mass is 9.85. The van der Waals surface area contributed by atoms with E-state index in [2.05, 4.69) is 15.1 Å². The Morgan fingerprint density at radius 3 is 2.52 bits per heavy atom. The number of aromatic carboxylic acids is 1. The molecule has 7 nitrogen and oxygen atoms in total. The number of ether oxygens (including phenoxy) is 1. The fourth-order valence-electron chi connectivity index (χ4n) is 6.05. The van der Waals surface area contributed by atoms with Crippen LogP contribution in [0.25, 0.3) is 0 Å². The summed E-state index contributed by atoms with van der Waals surface area (Å²) in [5, 5.41) is 12.1. The molecule has 3 aliphatic rings. The van der Waals surface area contributed by atoms with Gasteiger partial charge in [-0.15, -0.1) is 0 Å². The number of hydrogen-bond donors (Lipinski definition) is 2. The number of amides is 1. The average molecular weight is 564 g/mol. The molecule has 2 aromatic rings. The highest BCUT2D eigenvalue weighted by Crippen LogP contribution is 2.47. The third kappa shape index (κ3) is 5.81.